The maximum Gasteiger partial charge on any atom is 0.410 e. The molecule has 1 aromatic rings. The van der Waals surface area contributed by atoms with E-state index in [1.54, 1.807) is 20.8 Å². The Morgan fingerprint density at radius 1 is 1.25 bits per heavy atom. The molecule has 1 saturated heterocycles. The van der Waals surface area contributed by atoms with E-state index in [1.165, 1.54) is 4.90 Å². The van der Waals surface area contributed by atoms with Crippen molar-refractivity contribution >= 4 is 18.0 Å². The molecule has 2 rings (SSSR count). The van der Waals surface area contributed by atoms with Gasteiger partial charge in [-0.05, 0) is 26.3 Å². The fourth-order valence-corrected chi connectivity index (χ4v) is 2.21. The van der Waals surface area contributed by atoms with Gasteiger partial charge in [-0.3, -0.25) is 9.69 Å². The number of ether oxygens (including phenoxy) is 2. The fourth-order valence-electron chi connectivity index (χ4n) is 2.21. The second-order valence-electron chi connectivity index (χ2n) is 6.59. The van der Waals surface area contributed by atoms with E-state index in [4.69, 9.17) is 9.47 Å². The van der Waals surface area contributed by atoms with Gasteiger partial charge in [-0.1, -0.05) is 30.3 Å². The van der Waals surface area contributed by atoms with E-state index in [0.717, 1.165) is 5.56 Å². The lowest BCUT2D eigenvalue weighted by Crippen LogP contribution is -2.43. The predicted molar refractivity (Wildman–Crippen MR) is 86.4 cm³/mol. The molecule has 7 heteroatoms. The van der Waals surface area contributed by atoms with Crippen molar-refractivity contribution in [3.8, 4) is 0 Å². The van der Waals surface area contributed by atoms with Crippen LogP contribution < -0.4 is 5.32 Å². The van der Waals surface area contributed by atoms with E-state index < -0.39 is 23.8 Å². The van der Waals surface area contributed by atoms with Crippen LogP contribution in [-0.4, -0.2) is 47.6 Å². The van der Waals surface area contributed by atoms with Crippen molar-refractivity contribution in [2.75, 3.05) is 13.1 Å². The molecule has 0 spiro atoms. The van der Waals surface area contributed by atoms with Crippen molar-refractivity contribution < 1.29 is 23.9 Å². The van der Waals surface area contributed by atoms with Gasteiger partial charge >= 0.3 is 12.2 Å². The zero-order chi connectivity index (χ0) is 17.7. The summed E-state index contributed by atoms with van der Waals surface area (Å²) in [6.45, 7) is 5.32. The third kappa shape index (κ3) is 5.26. The molecule has 0 aliphatic carbocycles. The molecule has 1 fully saturated rings. The molecule has 24 heavy (non-hydrogen) atoms. The van der Waals surface area contributed by atoms with Crippen molar-refractivity contribution in [2.24, 2.45) is 0 Å². The molecule has 0 unspecified atom stereocenters. The number of nitrogens with one attached hydrogen (secondary N) is 1. The van der Waals surface area contributed by atoms with Crippen LogP contribution in [0.1, 0.15) is 26.3 Å². The smallest absolute Gasteiger partial charge is 0.410 e. The van der Waals surface area contributed by atoms with Crippen LogP contribution >= 0.6 is 0 Å². The van der Waals surface area contributed by atoms with Gasteiger partial charge in [-0.2, -0.15) is 0 Å². The Morgan fingerprint density at radius 2 is 1.92 bits per heavy atom. The summed E-state index contributed by atoms with van der Waals surface area (Å²) in [6.07, 6.45) is -1.26. The highest BCUT2D eigenvalue weighted by Gasteiger charge is 2.36. The van der Waals surface area contributed by atoms with Crippen LogP contribution in [0.25, 0.3) is 0 Å². The second kappa shape index (κ2) is 7.33. The molecule has 130 valence electrons. The average molecular weight is 334 g/mol. The number of nitrogens with zero attached hydrogens (tertiary/aromatic N) is 1. The Kier molecular flexibility index (Phi) is 5.43. The zero-order valence-corrected chi connectivity index (χ0v) is 14.1. The second-order valence-corrected chi connectivity index (χ2v) is 6.59. The summed E-state index contributed by atoms with van der Waals surface area (Å²) in [5.41, 5.74) is 0.208. The van der Waals surface area contributed by atoms with Crippen molar-refractivity contribution in [1.29, 1.82) is 0 Å². The number of hydrogen-bond acceptors (Lipinski definition) is 5. The summed E-state index contributed by atoms with van der Waals surface area (Å²) < 4.78 is 10.3. The number of rotatable bonds is 3. The Labute approximate surface area is 140 Å². The lowest BCUT2D eigenvalue weighted by Gasteiger charge is -2.21. The van der Waals surface area contributed by atoms with E-state index in [0.29, 0.717) is 0 Å². The van der Waals surface area contributed by atoms with Crippen molar-refractivity contribution in [2.45, 2.75) is 39.0 Å². The average Bonchev–Trinajstić information content (AvgIpc) is 2.85. The van der Waals surface area contributed by atoms with E-state index in [1.807, 2.05) is 30.3 Å². The topological polar surface area (TPSA) is 84.9 Å². The summed E-state index contributed by atoms with van der Waals surface area (Å²) in [4.78, 5) is 37.0. The monoisotopic (exact) mass is 334 g/mol. The Balaban J connectivity index is 1.82. The van der Waals surface area contributed by atoms with Crippen LogP contribution in [0.15, 0.2) is 30.3 Å². The number of Topliss-reactive ketones (excluding diaryl/α,β-unsaturated/α-hetero) is 1. The van der Waals surface area contributed by atoms with Crippen molar-refractivity contribution in [3.63, 3.8) is 0 Å². The van der Waals surface area contributed by atoms with E-state index in [2.05, 4.69) is 5.32 Å². The minimum atomic E-state index is -0.774. The van der Waals surface area contributed by atoms with E-state index >= 15 is 0 Å². The minimum absolute atomic E-state index is 0.0751. The molecule has 7 nitrogen and oxygen atoms in total. The highest BCUT2D eigenvalue weighted by molar-refractivity contribution is 5.94. The zero-order valence-electron chi connectivity index (χ0n) is 14.1. The lowest BCUT2D eigenvalue weighted by molar-refractivity contribution is -0.118. The molecule has 0 bridgehead atoms. The standard InChI is InChI=1S/C17H22N2O5/c1-17(2,3)24-15(21)18-13-9-19(10-14(13)20)16(22)23-11-12-7-5-4-6-8-12/h4-8,13H,9-11H2,1-3H3,(H,18,21)/t13-/m1/s1. The van der Waals surface area contributed by atoms with Crippen molar-refractivity contribution in [1.82, 2.24) is 10.2 Å². The first kappa shape index (κ1) is 17.8. The van der Waals surface area contributed by atoms with Gasteiger partial charge in [-0.25, -0.2) is 9.59 Å². The number of carbonyl (C=O) groups excluding carboxylic acids is 3. The fraction of sp³-hybridized carbons (Fsp3) is 0.471. The van der Waals surface area contributed by atoms with Crippen LogP contribution in [0.5, 0.6) is 0 Å². The van der Waals surface area contributed by atoms with Gasteiger partial charge in [0.25, 0.3) is 0 Å². The molecule has 1 N–H and O–H groups in total. The highest BCUT2D eigenvalue weighted by atomic mass is 16.6. The van der Waals surface area contributed by atoms with Crippen LogP contribution in [0.4, 0.5) is 9.59 Å². The largest absolute Gasteiger partial charge is 0.445 e. The Morgan fingerprint density at radius 3 is 2.54 bits per heavy atom. The van der Waals surface area contributed by atoms with Crippen LogP contribution in [-0.2, 0) is 20.9 Å². The number of amides is 2. The Bertz CT molecular complexity index is 609. The highest BCUT2D eigenvalue weighted by Crippen LogP contribution is 2.11. The number of ketones is 1. The van der Waals surface area contributed by atoms with Crippen LogP contribution in [0.3, 0.4) is 0 Å². The van der Waals surface area contributed by atoms with Gasteiger partial charge in [0.2, 0.25) is 0 Å². The maximum atomic E-state index is 12.0. The summed E-state index contributed by atoms with van der Waals surface area (Å²) in [7, 11) is 0. The van der Waals surface area contributed by atoms with Gasteiger partial charge in [-0.15, -0.1) is 0 Å². The summed E-state index contributed by atoms with van der Waals surface area (Å²) in [6, 6.07) is 8.48. The Hall–Kier alpha value is -2.57. The van der Waals surface area contributed by atoms with Gasteiger partial charge in [0.05, 0.1) is 13.1 Å². The molecule has 1 aromatic carbocycles. The molecule has 0 saturated carbocycles. The first-order valence-corrected chi connectivity index (χ1v) is 7.72. The molecule has 1 atom stereocenters. The first-order chi connectivity index (χ1) is 11.2. The number of alkyl carbamates (subject to hydrolysis) is 1. The molecule has 1 aliphatic heterocycles. The van der Waals surface area contributed by atoms with Crippen LogP contribution in [0, 0.1) is 0 Å². The molecule has 1 aliphatic rings. The number of hydrogen-bond donors (Lipinski definition) is 1. The van der Waals surface area contributed by atoms with Crippen LogP contribution in [0.2, 0.25) is 0 Å². The third-order valence-corrected chi connectivity index (χ3v) is 3.29. The molecular weight excluding hydrogens is 312 g/mol. The molecule has 0 aromatic heterocycles. The van der Waals surface area contributed by atoms with E-state index in [-0.39, 0.29) is 25.5 Å². The van der Waals surface area contributed by atoms with Crippen molar-refractivity contribution in [3.05, 3.63) is 35.9 Å². The normalized spacial score (nSPS) is 17.5. The maximum absolute atomic E-state index is 12.0. The molecular formula is C17H22N2O5. The van der Waals surface area contributed by atoms with Gasteiger partial charge in [0, 0.05) is 0 Å². The van der Waals surface area contributed by atoms with Gasteiger partial charge in [0.15, 0.2) is 5.78 Å². The molecule has 1 heterocycles. The summed E-state index contributed by atoms with van der Waals surface area (Å²) in [5.74, 6) is -0.252. The van der Waals surface area contributed by atoms with E-state index in [9.17, 15) is 14.4 Å². The SMILES string of the molecule is CC(C)(C)OC(=O)N[C@@H]1CN(C(=O)OCc2ccccc2)CC1=O. The molecule has 0 radical (unpaired) electrons. The first-order valence-electron chi connectivity index (χ1n) is 7.72. The predicted octanol–water partition coefficient (Wildman–Crippen LogP) is 2.10. The minimum Gasteiger partial charge on any atom is -0.445 e. The number of benzene rings is 1. The number of carbonyl (C=O) groups is 3. The third-order valence-electron chi connectivity index (χ3n) is 3.29. The lowest BCUT2D eigenvalue weighted by atomic mass is 10.2. The summed E-state index contributed by atoms with van der Waals surface area (Å²) in [5, 5.41) is 2.48. The number of likely N-dealkylation sites (tertiary alicyclic amines) is 1. The van der Waals surface area contributed by atoms with Gasteiger partial charge < -0.3 is 14.8 Å². The summed E-state index contributed by atoms with van der Waals surface area (Å²) >= 11 is 0. The quantitative estimate of drug-likeness (QED) is 0.915. The molecule has 2 amide bonds. The van der Waals surface area contributed by atoms with Gasteiger partial charge in [0.1, 0.15) is 18.2 Å².